The average Bonchev–Trinajstić information content (AvgIpc) is 2.47. The van der Waals surface area contributed by atoms with Crippen LogP contribution in [-0.4, -0.2) is 17.7 Å². The minimum Gasteiger partial charge on any atom is -0.383 e. The smallest absolute Gasteiger partial charge is 0.132 e. The van der Waals surface area contributed by atoms with E-state index in [0.29, 0.717) is 11.9 Å². The van der Waals surface area contributed by atoms with Gasteiger partial charge in [-0.25, -0.2) is 4.99 Å². The van der Waals surface area contributed by atoms with Crippen molar-refractivity contribution in [2.24, 2.45) is 21.1 Å². The third kappa shape index (κ3) is 4.69. The van der Waals surface area contributed by atoms with Crippen molar-refractivity contribution >= 4 is 11.7 Å². The van der Waals surface area contributed by atoms with Gasteiger partial charge in [-0.05, 0) is 12.8 Å². The quantitative estimate of drug-likeness (QED) is 0.643. The first kappa shape index (κ1) is 15.7. The van der Waals surface area contributed by atoms with Crippen LogP contribution in [0.3, 0.4) is 0 Å². The Balaban J connectivity index is 2.26. The Bertz CT molecular complexity index is 503. The summed E-state index contributed by atoms with van der Waals surface area (Å²) < 4.78 is 0. The van der Waals surface area contributed by atoms with E-state index in [4.69, 9.17) is 10.7 Å². The fourth-order valence-electron chi connectivity index (χ4n) is 2.56. The van der Waals surface area contributed by atoms with Gasteiger partial charge >= 0.3 is 0 Å². The maximum atomic E-state index is 6.17. The number of amidine groups is 2. The van der Waals surface area contributed by atoms with Crippen LogP contribution in [0.2, 0.25) is 0 Å². The number of aliphatic imine (C=N–C) groups is 2. The molecule has 0 saturated heterocycles. The van der Waals surface area contributed by atoms with Gasteiger partial charge in [-0.1, -0.05) is 70.4 Å². The van der Waals surface area contributed by atoms with Crippen LogP contribution in [0.4, 0.5) is 0 Å². The first-order valence-corrected chi connectivity index (χ1v) is 7.94. The van der Waals surface area contributed by atoms with E-state index in [1.807, 2.05) is 30.3 Å². The summed E-state index contributed by atoms with van der Waals surface area (Å²) in [6.45, 7) is 6.45. The molecule has 0 radical (unpaired) electrons. The molecule has 0 unspecified atom stereocenters. The van der Waals surface area contributed by atoms with Gasteiger partial charge in [0.05, 0.1) is 6.04 Å². The van der Waals surface area contributed by atoms with E-state index in [2.05, 4.69) is 25.8 Å². The molecule has 1 aliphatic carbocycles. The van der Waals surface area contributed by atoms with Gasteiger partial charge < -0.3 is 5.73 Å². The molecule has 0 amide bonds. The number of nitrogens with two attached hydrogens (primary N) is 1. The van der Waals surface area contributed by atoms with Crippen LogP contribution in [0.1, 0.15) is 58.4 Å². The van der Waals surface area contributed by atoms with Crippen molar-refractivity contribution in [2.45, 2.75) is 58.9 Å². The molecular weight excluding hydrogens is 258 g/mol. The fourth-order valence-corrected chi connectivity index (χ4v) is 2.56. The molecule has 0 aliphatic heterocycles. The van der Waals surface area contributed by atoms with Crippen molar-refractivity contribution in [3.8, 4) is 0 Å². The Morgan fingerprint density at radius 2 is 1.67 bits per heavy atom. The van der Waals surface area contributed by atoms with Crippen LogP contribution in [0.15, 0.2) is 40.3 Å². The highest BCUT2D eigenvalue weighted by Gasteiger charge is 2.22. The van der Waals surface area contributed by atoms with Crippen molar-refractivity contribution in [1.82, 2.24) is 0 Å². The lowest BCUT2D eigenvalue weighted by Crippen LogP contribution is -2.26. The number of hydrogen-bond donors (Lipinski definition) is 1. The molecule has 1 aromatic rings. The number of nitrogens with zero attached hydrogens (tertiary/aromatic N) is 2. The van der Waals surface area contributed by atoms with Gasteiger partial charge in [-0.15, -0.1) is 0 Å². The highest BCUT2D eigenvalue weighted by Crippen LogP contribution is 2.24. The summed E-state index contributed by atoms with van der Waals surface area (Å²) in [5, 5.41) is 0. The monoisotopic (exact) mass is 285 g/mol. The molecule has 1 aromatic carbocycles. The van der Waals surface area contributed by atoms with E-state index < -0.39 is 0 Å². The van der Waals surface area contributed by atoms with Crippen LogP contribution in [0, 0.1) is 5.41 Å². The first-order chi connectivity index (χ1) is 9.97. The Morgan fingerprint density at radius 3 is 2.24 bits per heavy atom. The normalized spacial score (nSPS) is 18.8. The molecule has 0 heterocycles. The Morgan fingerprint density at radius 1 is 1.05 bits per heavy atom. The van der Waals surface area contributed by atoms with E-state index >= 15 is 0 Å². The predicted octanol–water partition coefficient (Wildman–Crippen LogP) is 4.17. The third-order valence-corrected chi connectivity index (χ3v) is 3.85. The lowest BCUT2D eigenvalue weighted by molar-refractivity contribution is 0.437. The van der Waals surface area contributed by atoms with Crippen molar-refractivity contribution in [3.63, 3.8) is 0 Å². The lowest BCUT2D eigenvalue weighted by Gasteiger charge is -2.23. The zero-order valence-corrected chi connectivity index (χ0v) is 13.5. The Labute approximate surface area is 128 Å². The molecule has 21 heavy (non-hydrogen) atoms. The summed E-state index contributed by atoms with van der Waals surface area (Å²) in [5.41, 5.74) is 7.04. The van der Waals surface area contributed by atoms with Crippen LogP contribution in [0.5, 0.6) is 0 Å². The van der Waals surface area contributed by atoms with Crippen molar-refractivity contribution in [3.05, 3.63) is 35.9 Å². The molecule has 0 spiro atoms. The van der Waals surface area contributed by atoms with Crippen molar-refractivity contribution < 1.29 is 0 Å². The van der Waals surface area contributed by atoms with Gasteiger partial charge in [0, 0.05) is 11.0 Å². The molecule has 3 nitrogen and oxygen atoms in total. The molecular formula is C18H27N3. The van der Waals surface area contributed by atoms with Crippen LogP contribution in [0.25, 0.3) is 0 Å². The average molecular weight is 285 g/mol. The second kappa shape index (κ2) is 6.88. The second-order valence-electron chi connectivity index (χ2n) is 6.86. The van der Waals surface area contributed by atoms with Gasteiger partial charge in [-0.2, -0.15) is 0 Å². The third-order valence-electron chi connectivity index (χ3n) is 3.85. The van der Waals surface area contributed by atoms with Crippen molar-refractivity contribution in [1.29, 1.82) is 0 Å². The van der Waals surface area contributed by atoms with Crippen LogP contribution < -0.4 is 5.73 Å². The van der Waals surface area contributed by atoms with E-state index in [0.717, 1.165) is 11.4 Å². The predicted molar refractivity (Wildman–Crippen MR) is 90.9 cm³/mol. The molecule has 2 N–H and O–H groups in total. The summed E-state index contributed by atoms with van der Waals surface area (Å²) in [5.74, 6) is 1.43. The topological polar surface area (TPSA) is 50.7 Å². The van der Waals surface area contributed by atoms with Gasteiger partial charge in [0.1, 0.15) is 11.7 Å². The van der Waals surface area contributed by atoms with Gasteiger partial charge in [0.25, 0.3) is 0 Å². The molecule has 1 fully saturated rings. The maximum absolute atomic E-state index is 6.17. The molecule has 1 aliphatic rings. The molecule has 3 heteroatoms. The number of hydrogen-bond acceptors (Lipinski definition) is 1. The van der Waals surface area contributed by atoms with E-state index in [1.165, 1.54) is 32.1 Å². The first-order valence-electron chi connectivity index (χ1n) is 7.94. The second-order valence-corrected chi connectivity index (χ2v) is 6.86. The van der Waals surface area contributed by atoms with Crippen molar-refractivity contribution in [2.75, 3.05) is 0 Å². The molecule has 0 bridgehead atoms. The minimum atomic E-state index is -0.0865. The zero-order chi connectivity index (χ0) is 15.3. The summed E-state index contributed by atoms with van der Waals surface area (Å²) in [4.78, 5) is 9.58. The Hall–Kier alpha value is -1.64. The minimum absolute atomic E-state index is 0.0865. The van der Waals surface area contributed by atoms with Gasteiger partial charge in [0.2, 0.25) is 0 Å². The lowest BCUT2D eigenvalue weighted by atomic mass is 9.92. The maximum Gasteiger partial charge on any atom is 0.132 e. The van der Waals surface area contributed by atoms with E-state index in [1.54, 1.807) is 0 Å². The molecule has 0 atom stereocenters. The van der Waals surface area contributed by atoms with Crippen LogP contribution in [-0.2, 0) is 0 Å². The molecule has 2 rings (SSSR count). The summed E-state index contributed by atoms with van der Waals surface area (Å²) in [7, 11) is 0. The van der Waals surface area contributed by atoms with Crippen LogP contribution >= 0.6 is 0 Å². The molecule has 0 aromatic heterocycles. The number of benzene rings is 1. The van der Waals surface area contributed by atoms with E-state index in [9.17, 15) is 0 Å². The standard InChI is InChI=1S/C18H27N3/c1-18(2,3)17(20-15-12-8-5-9-13-15)21-16(19)14-10-6-4-7-11-14/h4,6-7,10-11,15H,5,8-9,12-13H2,1-3H3,(H2,19,20,21). The van der Waals surface area contributed by atoms with E-state index in [-0.39, 0.29) is 5.41 Å². The SMILES string of the molecule is CC(C)(C)C(N=C(N)c1ccccc1)=NC1CCCCC1. The summed E-state index contributed by atoms with van der Waals surface area (Å²) >= 11 is 0. The highest BCUT2D eigenvalue weighted by atomic mass is 15.0. The summed E-state index contributed by atoms with van der Waals surface area (Å²) in [6.07, 6.45) is 6.26. The van der Waals surface area contributed by atoms with Gasteiger partial charge in [-0.3, -0.25) is 4.99 Å². The zero-order valence-electron chi connectivity index (χ0n) is 13.5. The largest absolute Gasteiger partial charge is 0.383 e. The summed E-state index contributed by atoms with van der Waals surface area (Å²) in [6, 6.07) is 10.3. The highest BCUT2D eigenvalue weighted by molar-refractivity contribution is 6.06. The van der Waals surface area contributed by atoms with Gasteiger partial charge in [0.15, 0.2) is 0 Å². The molecule has 114 valence electrons. The fraction of sp³-hybridized carbons (Fsp3) is 0.556. The molecule has 1 saturated carbocycles. The Kier molecular flexibility index (Phi) is 5.16. The number of rotatable bonds is 2.